The third-order valence-electron chi connectivity index (χ3n) is 10.5. The Bertz CT molecular complexity index is 1480. The molecular weight excluding hydrogens is 612 g/mol. The van der Waals surface area contributed by atoms with Crippen molar-refractivity contribution in [2.45, 2.75) is 115 Å². The first kappa shape index (κ1) is 34.2. The quantitative estimate of drug-likeness (QED) is 0.240. The number of fused-ring (bicyclic) bond motifs is 5. The zero-order valence-electron chi connectivity index (χ0n) is 27.6. The van der Waals surface area contributed by atoms with Gasteiger partial charge in [0.1, 0.15) is 5.75 Å². The number of esters is 5. The van der Waals surface area contributed by atoms with Gasteiger partial charge in [0, 0.05) is 33.1 Å². The topological polar surface area (TPSA) is 150 Å². The number of hydrogen-bond acceptors (Lipinski definition) is 12. The average molecular weight is 655 g/mol. The van der Waals surface area contributed by atoms with E-state index in [4.69, 9.17) is 39.6 Å². The first-order chi connectivity index (χ1) is 22.2. The molecule has 0 aromatic heterocycles. The van der Waals surface area contributed by atoms with Crippen LogP contribution in [0.1, 0.15) is 83.8 Å². The Morgan fingerprint density at radius 2 is 1.53 bits per heavy atom. The highest BCUT2D eigenvalue weighted by Gasteiger charge is 2.63. The fourth-order valence-corrected chi connectivity index (χ4v) is 8.62. The summed E-state index contributed by atoms with van der Waals surface area (Å²) in [6.07, 6.45) is 3.68. The number of hydrogen-bond donors (Lipinski definition) is 0. The maximum atomic E-state index is 12.8. The molecule has 0 amide bonds. The van der Waals surface area contributed by atoms with E-state index in [-0.39, 0.29) is 17.3 Å². The van der Waals surface area contributed by atoms with Gasteiger partial charge in [0.25, 0.3) is 0 Å². The molecule has 1 aliphatic heterocycles. The largest absolute Gasteiger partial charge is 0.467 e. The van der Waals surface area contributed by atoms with Gasteiger partial charge in [-0.05, 0) is 79.5 Å². The maximum absolute atomic E-state index is 12.8. The van der Waals surface area contributed by atoms with Crippen LogP contribution in [0.2, 0.25) is 0 Å². The van der Waals surface area contributed by atoms with Crippen LogP contribution in [0.5, 0.6) is 5.75 Å². The highest BCUT2D eigenvalue weighted by Crippen LogP contribution is 2.65. The van der Waals surface area contributed by atoms with Crippen molar-refractivity contribution < 1.29 is 57.1 Å². The summed E-state index contributed by atoms with van der Waals surface area (Å²) in [6, 6.07) is 5.71. The van der Waals surface area contributed by atoms with Crippen LogP contribution in [-0.2, 0) is 58.8 Å². The van der Waals surface area contributed by atoms with Crippen LogP contribution in [0.25, 0.3) is 0 Å². The van der Waals surface area contributed by atoms with Gasteiger partial charge in [0.05, 0.1) is 7.11 Å². The van der Waals surface area contributed by atoms with E-state index in [0.717, 1.165) is 65.5 Å². The van der Waals surface area contributed by atoms with Crippen LogP contribution in [0.15, 0.2) is 18.2 Å². The number of ether oxygens (including phenoxy) is 7. The van der Waals surface area contributed by atoms with Crippen molar-refractivity contribution in [2.24, 2.45) is 17.3 Å². The summed E-state index contributed by atoms with van der Waals surface area (Å²) >= 11 is 0. The third-order valence-corrected chi connectivity index (χ3v) is 10.5. The van der Waals surface area contributed by atoms with Crippen molar-refractivity contribution in [3.63, 3.8) is 0 Å². The third kappa shape index (κ3) is 6.30. The van der Waals surface area contributed by atoms with Gasteiger partial charge in [-0.2, -0.15) is 0 Å². The molecule has 10 atom stereocenters. The van der Waals surface area contributed by atoms with E-state index >= 15 is 0 Å². The lowest BCUT2D eigenvalue weighted by Crippen LogP contribution is -2.64. The molecule has 254 valence electrons. The molecule has 0 radical (unpaired) electrons. The zero-order valence-corrected chi connectivity index (χ0v) is 27.6. The van der Waals surface area contributed by atoms with Crippen LogP contribution in [0, 0.1) is 29.6 Å². The fraction of sp³-hybridized carbons (Fsp3) is 0.629. The van der Waals surface area contributed by atoms with Crippen molar-refractivity contribution in [1.82, 2.24) is 0 Å². The van der Waals surface area contributed by atoms with Crippen molar-refractivity contribution in [2.75, 3.05) is 7.11 Å². The summed E-state index contributed by atoms with van der Waals surface area (Å²) in [5, 5.41) is 0. The van der Waals surface area contributed by atoms with Crippen LogP contribution in [0.4, 0.5) is 0 Å². The number of benzene rings is 1. The average Bonchev–Trinajstić information content (AvgIpc) is 3.30. The molecule has 12 heteroatoms. The van der Waals surface area contributed by atoms with Crippen molar-refractivity contribution in [3.8, 4) is 18.1 Å². The van der Waals surface area contributed by atoms with E-state index in [1.165, 1.54) is 12.5 Å². The zero-order chi connectivity index (χ0) is 34.3. The number of aryl methyl sites for hydroxylation is 1. The Morgan fingerprint density at radius 1 is 0.872 bits per heavy atom. The summed E-state index contributed by atoms with van der Waals surface area (Å²) in [4.78, 5) is 61.1. The second kappa shape index (κ2) is 13.2. The van der Waals surface area contributed by atoms with Crippen molar-refractivity contribution >= 4 is 29.8 Å². The van der Waals surface area contributed by atoms with Gasteiger partial charge in [0.2, 0.25) is 12.4 Å². The molecule has 1 aromatic carbocycles. The second-order valence-corrected chi connectivity index (χ2v) is 13.1. The minimum absolute atomic E-state index is 0.290. The predicted molar refractivity (Wildman–Crippen MR) is 162 cm³/mol. The van der Waals surface area contributed by atoms with Gasteiger partial charge in [-0.15, -0.1) is 6.42 Å². The van der Waals surface area contributed by atoms with Gasteiger partial charge in [-0.25, -0.2) is 4.79 Å². The molecule has 1 heterocycles. The van der Waals surface area contributed by atoms with E-state index in [2.05, 4.69) is 12.8 Å². The number of rotatable bonds is 7. The van der Waals surface area contributed by atoms with Gasteiger partial charge < -0.3 is 33.2 Å². The van der Waals surface area contributed by atoms with E-state index in [9.17, 15) is 24.0 Å². The number of carbonyl (C=O) groups is 5. The summed E-state index contributed by atoms with van der Waals surface area (Å²) in [5.41, 5.74) is 1.10. The lowest BCUT2D eigenvalue weighted by atomic mass is 9.53. The lowest BCUT2D eigenvalue weighted by molar-refractivity contribution is -0.282. The summed E-state index contributed by atoms with van der Waals surface area (Å²) in [5.74, 6) is 0.676. The van der Waals surface area contributed by atoms with Crippen LogP contribution in [0.3, 0.4) is 0 Å². The van der Waals surface area contributed by atoms with Gasteiger partial charge in [-0.3, -0.25) is 19.2 Å². The first-order valence-electron chi connectivity index (χ1n) is 16.0. The molecule has 1 saturated heterocycles. The molecule has 12 nitrogen and oxygen atoms in total. The van der Waals surface area contributed by atoms with E-state index in [1.54, 1.807) is 6.07 Å². The molecule has 0 bridgehead atoms. The SMILES string of the molecule is C#C[C@]1(OC(C)=O)CC[C@@H]2[C@@H]3CCc4cc(O[C@@H]5OC(C(=O)OC)[C@H](OC(C)=O)[C@H](OC(C)=O)[C@@H]5OC(C)=O)ccc4[C@@H]3CC[C@@]21C. The summed E-state index contributed by atoms with van der Waals surface area (Å²) in [7, 11) is 1.13. The molecule has 3 aliphatic carbocycles. The van der Waals surface area contributed by atoms with Gasteiger partial charge in [0.15, 0.2) is 23.9 Å². The summed E-state index contributed by atoms with van der Waals surface area (Å²) in [6.45, 7) is 6.99. The number of methoxy groups -OCH3 is 1. The molecule has 5 rings (SSSR count). The minimum Gasteiger partial charge on any atom is -0.467 e. The standard InChI is InChI=1S/C35H42O12/c1-8-35(47-21(5)39)16-14-27-26-11-9-22-17-23(10-12-24(22)25(26)13-15-34(27,35)6)45-33-31(44-20(4)38)29(43-19(3)37)28(42-18(2)36)30(46-33)32(40)41-7/h1,10,12,17,25-31,33H,9,11,13-16H2,2-7H3/t25-,26+,27+,28+,29-,30?,31-,33+,34-,35-/m0/s1. The maximum Gasteiger partial charge on any atom is 0.339 e. The molecule has 47 heavy (non-hydrogen) atoms. The molecule has 1 unspecified atom stereocenters. The van der Waals surface area contributed by atoms with Gasteiger partial charge >= 0.3 is 29.8 Å². The smallest absolute Gasteiger partial charge is 0.339 e. The van der Waals surface area contributed by atoms with Crippen LogP contribution >= 0.6 is 0 Å². The molecule has 1 aromatic rings. The van der Waals surface area contributed by atoms with Crippen LogP contribution < -0.4 is 4.74 Å². The Labute approximate surface area is 274 Å². The normalized spacial score (nSPS) is 35.4. The molecule has 4 aliphatic rings. The van der Waals surface area contributed by atoms with E-state index < -0.39 is 60.2 Å². The second-order valence-electron chi connectivity index (χ2n) is 13.1. The fourth-order valence-electron chi connectivity index (χ4n) is 8.62. The predicted octanol–water partition coefficient (Wildman–Crippen LogP) is 3.55. The van der Waals surface area contributed by atoms with Crippen molar-refractivity contribution in [1.29, 1.82) is 0 Å². The van der Waals surface area contributed by atoms with Gasteiger partial charge in [-0.1, -0.05) is 18.9 Å². The Kier molecular flexibility index (Phi) is 9.60. The minimum atomic E-state index is -1.55. The Hall–Kier alpha value is -4.11. The molecule has 3 fully saturated rings. The van der Waals surface area contributed by atoms with E-state index in [1.807, 2.05) is 12.1 Å². The van der Waals surface area contributed by atoms with Crippen molar-refractivity contribution in [3.05, 3.63) is 29.3 Å². The summed E-state index contributed by atoms with van der Waals surface area (Å²) < 4.78 is 39.1. The van der Waals surface area contributed by atoms with Crippen LogP contribution in [-0.4, -0.2) is 73.3 Å². The molecule has 2 saturated carbocycles. The Morgan fingerprint density at radius 3 is 2.15 bits per heavy atom. The highest BCUT2D eigenvalue weighted by molar-refractivity contribution is 5.77. The number of terminal acetylenes is 1. The molecule has 0 N–H and O–H groups in total. The first-order valence-corrected chi connectivity index (χ1v) is 16.0. The number of carbonyl (C=O) groups excluding carboxylic acids is 5. The molecule has 0 spiro atoms. The highest BCUT2D eigenvalue weighted by atomic mass is 16.7. The Balaban J connectivity index is 1.42. The monoisotopic (exact) mass is 654 g/mol. The lowest BCUT2D eigenvalue weighted by Gasteiger charge is -2.52. The van der Waals surface area contributed by atoms with E-state index in [0.29, 0.717) is 24.0 Å². The molecular formula is C35H42O12.